The van der Waals surface area contributed by atoms with Crippen molar-refractivity contribution in [1.29, 1.82) is 0 Å². The molecule has 0 saturated heterocycles. The number of halogens is 1. The lowest BCUT2D eigenvalue weighted by Gasteiger charge is -2.16. The van der Waals surface area contributed by atoms with E-state index in [1.807, 2.05) is 6.07 Å². The first kappa shape index (κ1) is 16.2. The van der Waals surface area contributed by atoms with Gasteiger partial charge in [-0.2, -0.15) is 0 Å². The van der Waals surface area contributed by atoms with Gasteiger partial charge in [0.1, 0.15) is 6.54 Å². The summed E-state index contributed by atoms with van der Waals surface area (Å²) < 4.78 is 1.66. The minimum absolute atomic E-state index is 0.236. The van der Waals surface area contributed by atoms with E-state index in [0.717, 1.165) is 27.8 Å². The van der Waals surface area contributed by atoms with Gasteiger partial charge in [-0.3, -0.25) is 24.3 Å². The van der Waals surface area contributed by atoms with Crippen molar-refractivity contribution >= 4 is 34.5 Å². The SMILES string of the molecule is CN(Cc1ccc(Cl)s1)C(=O)Cn1cc([N+](=O)[O-])ccc1=O. The van der Waals surface area contributed by atoms with Crippen LogP contribution in [0.5, 0.6) is 0 Å². The normalized spacial score (nSPS) is 10.5. The molecule has 22 heavy (non-hydrogen) atoms. The van der Waals surface area contributed by atoms with E-state index in [9.17, 15) is 19.7 Å². The van der Waals surface area contributed by atoms with Crippen molar-refractivity contribution in [3.8, 4) is 0 Å². The number of likely N-dealkylation sites (N-methyl/N-ethyl adjacent to an activating group) is 1. The molecule has 2 rings (SSSR count). The van der Waals surface area contributed by atoms with Crippen LogP contribution in [0.25, 0.3) is 0 Å². The zero-order valence-corrected chi connectivity index (χ0v) is 13.1. The molecule has 2 heterocycles. The molecular weight excluding hydrogens is 330 g/mol. The van der Waals surface area contributed by atoms with Gasteiger partial charge in [-0.1, -0.05) is 11.6 Å². The number of nitrogens with zero attached hydrogens (tertiary/aromatic N) is 3. The molecule has 116 valence electrons. The predicted molar refractivity (Wildman–Crippen MR) is 83.2 cm³/mol. The number of carbonyl (C=O) groups is 1. The van der Waals surface area contributed by atoms with Crippen molar-refractivity contribution in [2.45, 2.75) is 13.1 Å². The van der Waals surface area contributed by atoms with E-state index in [-0.39, 0.29) is 18.1 Å². The Morgan fingerprint density at radius 3 is 2.73 bits per heavy atom. The van der Waals surface area contributed by atoms with Gasteiger partial charge < -0.3 is 4.90 Å². The number of hydrogen-bond donors (Lipinski definition) is 0. The Balaban J connectivity index is 2.09. The van der Waals surface area contributed by atoms with E-state index in [4.69, 9.17) is 11.6 Å². The van der Waals surface area contributed by atoms with Crippen molar-refractivity contribution in [2.75, 3.05) is 7.05 Å². The minimum atomic E-state index is -0.613. The standard InChI is InChI=1S/C13H12ClN3O4S/c1-15(7-10-3-4-11(14)22-10)13(19)8-16-6-9(17(20)21)2-5-12(16)18/h2-6H,7-8H2,1H3. The lowest BCUT2D eigenvalue weighted by molar-refractivity contribution is -0.385. The van der Waals surface area contributed by atoms with Crippen LogP contribution in [0.15, 0.2) is 35.3 Å². The molecule has 1 amide bonds. The van der Waals surface area contributed by atoms with Crippen LogP contribution in [0, 0.1) is 10.1 Å². The van der Waals surface area contributed by atoms with Gasteiger partial charge in [0.2, 0.25) is 5.91 Å². The van der Waals surface area contributed by atoms with Crippen LogP contribution in [-0.2, 0) is 17.9 Å². The minimum Gasteiger partial charge on any atom is -0.339 e. The molecule has 0 bridgehead atoms. The maximum Gasteiger partial charge on any atom is 0.285 e. The third kappa shape index (κ3) is 3.92. The topological polar surface area (TPSA) is 85.4 Å². The Morgan fingerprint density at radius 1 is 1.41 bits per heavy atom. The molecule has 0 saturated carbocycles. The van der Waals surface area contributed by atoms with E-state index in [1.54, 1.807) is 13.1 Å². The van der Waals surface area contributed by atoms with Crippen molar-refractivity contribution in [1.82, 2.24) is 9.47 Å². The highest BCUT2D eigenvalue weighted by Crippen LogP contribution is 2.22. The summed E-state index contributed by atoms with van der Waals surface area (Å²) in [6, 6.07) is 5.74. The Kier molecular flexibility index (Phi) is 4.94. The van der Waals surface area contributed by atoms with Crippen LogP contribution in [0.4, 0.5) is 5.69 Å². The second-order valence-corrected chi connectivity index (χ2v) is 6.37. The molecule has 9 heteroatoms. The Morgan fingerprint density at radius 2 is 2.14 bits per heavy atom. The van der Waals surface area contributed by atoms with Crippen LogP contribution in [-0.4, -0.2) is 27.3 Å². The zero-order chi connectivity index (χ0) is 16.3. The molecular formula is C13H12ClN3O4S. The fraction of sp³-hybridized carbons (Fsp3) is 0.231. The molecule has 0 aliphatic carbocycles. The summed E-state index contributed by atoms with van der Waals surface area (Å²) in [7, 11) is 1.60. The number of rotatable bonds is 5. The number of amides is 1. The average Bonchev–Trinajstić information content (AvgIpc) is 2.86. The van der Waals surface area contributed by atoms with Crippen molar-refractivity contribution in [2.24, 2.45) is 0 Å². The lowest BCUT2D eigenvalue weighted by atomic mass is 10.4. The quantitative estimate of drug-likeness (QED) is 0.616. The second kappa shape index (κ2) is 6.71. The Hall–Kier alpha value is -2.19. The highest BCUT2D eigenvalue weighted by atomic mass is 35.5. The van der Waals surface area contributed by atoms with Gasteiger partial charge in [-0.25, -0.2) is 0 Å². The summed E-state index contributed by atoms with van der Waals surface area (Å²) in [6.45, 7) is 0.107. The van der Waals surface area contributed by atoms with Gasteiger partial charge in [0, 0.05) is 24.1 Å². The van der Waals surface area contributed by atoms with E-state index >= 15 is 0 Å². The largest absolute Gasteiger partial charge is 0.339 e. The predicted octanol–water partition coefficient (Wildman–Crippen LogP) is 2.13. The molecule has 0 spiro atoms. The summed E-state index contributed by atoms with van der Waals surface area (Å²) >= 11 is 7.19. The maximum atomic E-state index is 12.1. The van der Waals surface area contributed by atoms with E-state index in [1.165, 1.54) is 16.2 Å². The highest BCUT2D eigenvalue weighted by molar-refractivity contribution is 7.16. The Labute approximate surface area is 134 Å². The summed E-state index contributed by atoms with van der Waals surface area (Å²) in [6.07, 6.45) is 1.07. The number of aromatic nitrogens is 1. The number of carbonyl (C=O) groups excluding carboxylic acids is 1. The second-order valence-electron chi connectivity index (χ2n) is 4.57. The summed E-state index contributed by atoms with van der Waals surface area (Å²) in [5, 5.41) is 10.7. The lowest BCUT2D eigenvalue weighted by Crippen LogP contribution is -2.33. The first-order valence-corrected chi connectivity index (χ1v) is 7.39. The van der Waals surface area contributed by atoms with Crippen LogP contribution < -0.4 is 5.56 Å². The van der Waals surface area contributed by atoms with Crippen LogP contribution in [0.2, 0.25) is 4.34 Å². The van der Waals surface area contributed by atoms with E-state index in [2.05, 4.69) is 0 Å². The molecule has 0 atom stereocenters. The number of pyridine rings is 1. The highest BCUT2D eigenvalue weighted by Gasteiger charge is 2.14. The van der Waals surface area contributed by atoms with Crippen molar-refractivity contribution in [3.63, 3.8) is 0 Å². The number of nitro groups is 1. The molecule has 0 unspecified atom stereocenters. The number of thiophene rings is 1. The third-order valence-corrected chi connectivity index (χ3v) is 4.15. The van der Waals surface area contributed by atoms with Crippen molar-refractivity contribution < 1.29 is 9.72 Å². The molecule has 0 aliphatic heterocycles. The monoisotopic (exact) mass is 341 g/mol. The third-order valence-electron chi connectivity index (χ3n) is 2.93. The molecule has 0 aromatic carbocycles. The van der Waals surface area contributed by atoms with Gasteiger partial charge >= 0.3 is 0 Å². The molecule has 7 nitrogen and oxygen atoms in total. The summed E-state index contributed by atoms with van der Waals surface area (Å²) in [5.41, 5.74) is -0.702. The molecule has 0 fully saturated rings. The summed E-state index contributed by atoms with van der Waals surface area (Å²) in [5.74, 6) is -0.327. The fourth-order valence-corrected chi connectivity index (χ4v) is 2.92. The molecule has 2 aromatic heterocycles. The Bertz CT molecular complexity index is 771. The molecule has 0 radical (unpaired) electrons. The van der Waals surface area contributed by atoms with Gasteiger partial charge in [-0.15, -0.1) is 11.3 Å². The fourth-order valence-electron chi connectivity index (χ4n) is 1.78. The van der Waals surface area contributed by atoms with Crippen LogP contribution in [0.3, 0.4) is 0 Å². The first-order chi connectivity index (χ1) is 10.4. The molecule has 2 aromatic rings. The van der Waals surface area contributed by atoms with Gasteiger partial charge in [0.25, 0.3) is 11.2 Å². The van der Waals surface area contributed by atoms with Crippen LogP contribution >= 0.6 is 22.9 Å². The van der Waals surface area contributed by atoms with Crippen molar-refractivity contribution in [3.05, 3.63) is 60.1 Å². The van der Waals surface area contributed by atoms with Gasteiger partial charge in [0.15, 0.2) is 0 Å². The molecule has 0 aliphatic rings. The smallest absolute Gasteiger partial charge is 0.285 e. The first-order valence-electron chi connectivity index (χ1n) is 6.20. The van der Waals surface area contributed by atoms with Gasteiger partial charge in [-0.05, 0) is 12.1 Å². The van der Waals surface area contributed by atoms with Crippen LogP contribution in [0.1, 0.15) is 4.88 Å². The zero-order valence-electron chi connectivity index (χ0n) is 11.6. The van der Waals surface area contributed by atoms with Gasteiger partial charge in [0.05, 0.1) is 22.0 Å². The maximum absolute atomic E-state index is 12.1. The van der Waals surface area contributed by atoms with E-state index < -0.39 is 10.5 Å². The number of hydrogen-bond acceptors (Lipinski definition) is 5. The summed E-state index contributed by atoms with van der Waals surface area (Å²) in [4.78, 5) is 36.2. The average molecular weight is 342 g/mol. The molecule has 0 N–H and O–H groups in total. The van der Waals surface area contributed by atoms with E-state index in [0.29, 0.717) is 10.9 Å².